The van der Waals surface area contributed by atoms with Crippen LogP contribution in [0.3, 0.4) is 0 Å². The molecule has 0 bridgehead atoms. The Hall–Kier alpha value is -0.940. The molecule has 1 rings (SSSR count). The zero-order chi connectivity index (χ0) is 13.8. The fraction of sp³-hybridized carbons (Fsp3) is 0.462. The van der Waals surface area contributed by atoms with Gasteiger partial charge < -0.3 is 10.6 Å². The molecule has 0 aliphatic carbocycles. The third kappa shape index (κ3) is 3.78. The van der Waals surface area contributed by atoms with Crippen molar-refractivity contribution in [2.24, 2.45) is 5.41 Å². The van der Waals surface area contributed by atoms with Gasteiger partial charge in [0.2, 0.25) is 5.91 Å². The van der Waals surface area contributed by atoms with Crippen LogP contribution in [-0.4, -0.2) is 19.5 Å². The summed E-state index contributed by atoms with van der Waals surface area (Å²) in [5.41, 5.74) is 0.344. The monoisotopic (exact) mass is 316 g/mol. The van der Waals surface area contributed by atoms with E-state index in [1.54, 1.807) is 13.1 Å². The highest BCUT2D eigenvalue weighted by molar-refractivity contribution is 9.10. The van der Waals surface area contributed by atoms with Crippen molar-refractivity contribution in [3.8, 4) is 0 Å². The van der Waals surface area contributed by atoms with Crippen LogP contribution in [0, 0.1) is 11.2 Å². The molecule has 2 N–H and O–H groups in total. The van der Waals surface area contributed by atoms with Crippen molar-refractivity contribution in [3.05, 3.63) is 34.1 Å². The molecule has 18 heavy (non-hydrogen) atoms. The zero-order valence-electron chi connectivity index (χ0n) is 10.8. The van der Waals surface area contributed by atoms with Crippen LogP contribution >= 0.6 is 15.9 Å². The van der Waals surface area contributed by atoms with Gasteiger partial charge >= 0.3 is 0 Å². The fourth-order valence-corrected chi connectivity index (χ4v) is 2.02. The number of halogens is 2. The third-order valence-electron chi connectivity index (χ3n) is 2.76. The number of amides is 1. The van der Waals surface area contributed by atoms with Crippen LogP contribution in [0.2, 0.25) is 0 Å². The lowest BCUT2D eigenvalue weighted by Gasteiger charge is -2.23. The minimum absolute atomic E-state index is 0.0201. The summed E-state index contributed by atoms with van der Waals surface area (Å²) in [6.45, 7) is 4.76. The molecule has 0 saturated carbocycles. The minimum atomic E-state index is -0.492. The second-order valence-electron chi connectivity index (χ2n) is 4.78. The van der Waals surface area contributed by atoms with E-state index in [0.717, 1.165) is 5.56 Å². The van der Waals surface area contributed by atoms with Gasteiger partial charge in [0.05, 0.1) is 9.89 Å². The van der Waals surface area contributed by atoms with Gasteiger partial charge in [-0.2, -0.15) is 0 Å². The minimum Gasteiger partial charge on any atom is -0.359 e. The molecule has 5 heteroatoms. The maximum absolute atomic E-state index is 13.3. The van der Waals surface area contributed by atoms with Gasteiger partial charge in [0, 0.05) is 20.1 Å². The molecule has 1 aromatic carbocycles. The summed E-state index contributed by atoms with van der Waals surface area (Å²) in [7, 11) is 1.62. The molecule has 3 nitrogen and oxygen atoms in total. The largest absolute Gasteiger partial charge is 0.359 e. The SMILES string of the molecule is CNC(=O)C(C)(C)CNCc1cccc(F)c1Br. The van der Waals surface area contributed by atoms with Crippen molar-refractivity contribution < 1.29 is 9.18 Å². The van der Waals surface area contributed by atoms with Crippen LogP contribution < -0.4 is 10.6 Å². The lowest BCUT2D eigenvalue weighted by Crippen LogP contribution is -2.41. The maximum atomic E-state index is 13.3. The number of carbonyl (C=O) groups is 1. The molecule has 1 amide bonds. The van der Waals surface area contributed by atoms with Gasteiger partial charge in [-0.1, -0.05) is 12.1 Å². The van der Waals surface area contributed by atoms with E-state index in [1.807, 2.05) is 19.9 Å². The smallest absolute Gasteiger partial charge is 0.226 e. The van der Waals surface area contributed by atoms with Gasteiger partial charge in [-0.15, -0.1) is 0 Å². The highest BCUT2D eigenvalue weighted by Gasteiger charge is 2.25. The lowest BCUT2D eigenvalue weighted by atomic mass is 9.92. The molecule has 0 radical (unpaired) electrons. The van der Waals surface area contributed by atoms with Gasteiger partial charge in [-0.25, -0.2) is 4.39 Å². The van der Waals surface area contributed by atoms with Crippen molar-refractivity contribution in [1.29, 1.82) is 0 Å². The van der Waals surface area contributed by atoms with Gasteiger partial charge in [-0.05, 0) is 41.4 Å². The van der Waals surface area contributed by atoms with Crippen molar-refractivity contribution in [3.63, 3.8) is 0 Å². The van der Waals surface area contributed by atoms with E-state index < -0.39 is 5.41 Å². The Bertz CT molecular complexity index is 435. The highest BCUT2D eigenvalue weighted by atomic mass is 79.9. The summed E-state index contributed by atoms with van der Waals surface area (Å²) in [6, 6.07) is 4.91. The average Bonchev–Trinajstić information content (AvgIpc) is 2.33. The zero-order valence-corrected chi connectivity index (χ0v) is 12.4. The van der Waals surface area contributed by atoms with E-state index in [9.17, 15) is 9.18 Å². The van der Waals surface area contributed by atoms with Crippen molar-refractivity contribution in [1.82, 2.24) is 10.6 Å². The Morgan fingerprint density at radius 2 is 2.11 bits per heavy atom. The molecular formula is C13H18BrFN2O. The van der Waals surface area contributed by atoms with Gasteiger partial charge in [0.25, 0.3) is 0 Å². The average molecular weight is 317 g/mol. The van der Waals surface area contributed by atoms with Gasteiger partial charge in [0.1, 0.15) is 5.82 Å². The molecule has 0 unspecified atom stereocenters. The Balaban J connectivity index is 2.57. The number of hydrogen-bond acceptors (Lipinski definition) is 2. The van der Waals surface area contributed by atoms with Crippen molar-refractivity contribution >= 4 is 21.8 Å². The number of hydrogen-bond donors (Lipinski definition) is 2. The van der Waals surface area contributed by atoms with Crippen LogP contribution in [0.1, 0.15) is 19.4 Å². The maximum Gasteiger partial charge on any atom is 0.226 e. The highest BCUT2D eigenvalue weighted by Crippen LogP contribution is 2.20. The summed E-state index contributed by atoms with van der Waals surface area (Å²) in [5, 5.41) is 5.79. The summed E-state index contributed by atoms with van der Waals surface area (Å²) in [6.07, 6.45) is 0. The van der Waals surface area contributed by atoms with E-state index in [0.29, 0.717) is 17.6 Å². The van der Waals surface area contributed by atoms with E-state index in [-0.39, 0.29) is 11.7 Å². The van der Waals surface area contributed by atoms with E-state index in [1.165, 1.54) is 6.07 Å². The molecule has 0 fully saturated rings. The Morgan fingerprint density at radius 1 is 1.44 bits per heavy atom. The fourth-order valence-electron chi connectivity index (χ4n) is 1.61. The summed E-state index contributed by atoms with van der Waals surface area (Å²) in [5.74, 6) is -0.298. The van der Waals surface area contributed by atoms with Crippen molar-refractivity contribution in [2.45, 2.75) is 20.4 Å². The molecule has 1 aromatic rings. The third-order valence-corrected chi connectivity index (χ3v) is 3.64. The van der Waals surface area contributed by atoms with E-state index >= 15 is 0 Å². The standard InChI is InChI=1S/C13H18BrFN2O/c1-13(2,12(18)16-3)8-17-7-9-5-4-6-10(15)11(9)14/h4-6,17H,7-8H2,1-3H3,(H,16,18). The summed E-state index contributed by atoms with van der Waals surface area (Å²) < 4.78 is 13.8. The topological polar surface area (TPSA) is 41.1 Å². The predicted octanol–water partition coefficient (Wildman–Crippen LogP) is 2.45. The van der Waals surface area contributed by atoms with Crippen LogP contribution in [0.25, 0.3) is 0 Å². The Morgan fingerprint density at radius 3 is 2.72 bits per heavy atom. The normalized spacial score (nSPS) is 11.4. The van der Waals surface area contributed by atoms with Crippen LogP contribution in [0.5, 0.6) is 0 Å². The molecule has 0 aliphatic rings. The van der Waals surface area contributed by atoms with Crippen molar-refractivity contribution in [2.75, 3.05) is 13.6 Å². The number of nitrogens with one attached hydrogen (secondary N) is 2. The van der Waals surface area contributed by atoms with Crippen LogP contribution in [-0.2, 0) is 11.3 Å². The molecule has 0 spiro atoms. The number of rotatable bonds is 5. The molecule has 0 aromatic heterocycles. The Kier molecular flexibility index (Phi) is 5.28. The molecule has 0 heterocycles. The predicted molar refractivity (Wildman–Crippen MR) is 73.7 cm³/mol. The second kappa shape index (κ2) is 6.29. The van der Waals surface area contributed by atoms with Gasteiger partial charge in [0.15, 0.2) is 0 Å². The first-order chi connectivity index (χ1) is 8.38. The quantitative estimate of drug-likeness (QED) is 0.876. The molecule has 0 aliphatic heterocycles. The molecular weight excluding hydrogens is 299 g/mol. The van der Waals surface area contributed by atoms with Gasteiger partial charge in [-0.3, -0.25) is 4.79 Å². The second-order valence-corrected chi connectivity index (χ2v) is 5.57. The lowest BCUT2D eigenvalue weighted by molar-refractivity contribution is -0.128. The molecule has 100 valence electrons. The summed E-state index contributed by atoms with van der Waals surface area (Å²) >= 11 is 3.21. The first-order valence-corrected chi connectivity index (χ1v) is 6.53. The molecule has 0 saturated heterocycles. The van der Waals surface area contributed by atoms with Crippen LogP contribution in [0.15, 0.2) is 22.7 Å². The Labute approximate surface area is 115 Å². The van der Waals surface area contributed by atoms with E-state index in [4.69, 9.17) is 0 Å². The first-order valence-electron chi connectivity index (χ1n) is 5.74. The number of carbonyl (C=O) groups excluding carboxylic acids is 1. The van der Waals surface area contributed by atoms with Crippen LogP contribution in [0.4, 0.5) is 4.39 Å². The van der Waals surface area contributed by atoms with E-state index in [2.05, 4.69) is 26.6 Å². The molecule has 0 atom stereocenters. The first kappa shape index (κ1) is 15.1. The summed E-state index contributed by atoms with van der Waals surface area (Å²) in [4.78, 5) is 11.6. The number of benzene rings is 1.